The second-order valence-corrected chi connectivity index (χ2v) is 5.23. The summed E-state index contributed by atoms with van der Waals surface area (Å²) in [5.74, 6) is -0.204. The maximum atomic E-state index is 13.5. The van der Waals surface area contributed by atoms with Crippen molar-refractivity contribution in [2.75, 3.05) is 19.8 Å². The molecule has 19 heavy (non-hydrogen) atoms. The number of hydrogen-bond acceptors (Lipinski definition) is 3. The normalized spacial score (nSPS) is 24.1. The predicted molar refractivity (Wildman–Crippen MR) is 74.4 cm³/mol. The SMILES string of the molecule is CCC1COCCN1C(c1cccc(F)c1)C(C)N. The van der Waals surface area contributed by atoms with E-state index in [1.165, 1.54) is 6.07 Å². The van der Waals surface area contributed by atoms with E-state index >= 15 is 0 Å². The fraction of sp³-hybridized carbons (Fsp3) is 0.600. The van der Waals surface area contributed by atoms with Gasteiger partial charge in [0.2, 0.25) is 0 Å². The van der Waals surface area contributed by atoms with Crippen LogP contribution in [0.1, 0.15) is 31.9 Å². The average Bonchev–Trinajstić information content (AvgIpc) is 2.39. The van der Waals surface area contributed by atoms with Gasteiger partial charge in [-0.1, -0.05) is 19.1 Å². The maximum Gasteiger partial charge on any atom is 0.123 e. The topological polar surface area (TPSA) is 38.5 Å². The molecule has 0 spiro atoms. The summed E-state index contributed by atoms with van der Waals surface area (Å²) in [6.07, 6.45) is 1.01. The van der Waals surface area contributed by atoms with Crippen LogP contribution in [0.4, 0.5) is 4.39 Å². The van der Waals surface area contributed by atoms with Gasteiger partial charge in [0.25, 0.3) is 0 Å². The lowest BCUT2D eigenvalue weighted by Crippen LogP contribution is -2.51. The van der Waals surface area contributed by atoms with Crippen LogP contribution in [-0.2, 0) is 4.74 Å². The minimum absolute atomic E-state index is 0.0459. The highest BCUT2D eigenvalue weighted by Crippen LogP contribution is 2.28. The Morgan fingerprint density at radius 2 is 2.32 bits per heavy atom. The molecule has 3 atom stereocenters. The summed E-state index contributed by atoms with van der Waals surface area (Å²) < 4.78 is 19.0. The molecule has 1 aromatic rings. The second kappa shape index (κ2) is 6.46. The van der Waals surface area contributed by atoms with Gasteiger partial charge in [0.1, 0.15) is 5.82 Å². The van der Waals surface area contributed by atoms with Crippen molar-refractivity contribution in [2.24, 2.45) is 5.73 Å². The number of morpholine rings is 1. The number of ether oxygens (including phenoxy) is 1. The van der Waals surface area contributed by atoms with Gasteiger partial charge < -0.3 is 10.5 Å². The number of hydrogen-bond donors (Lipinski definition) is 1. The van der Waals surface area contributed by atoms with Crippen LogP contribution in [0, 0.1) is 5.82 Å². The van der Waals surface area contributed by atoms with Crippen LogP contribution in [-0.4, -0.2) is 36.7 Å². The number of benzene rings is 1. The first-order valence-corrected chi connectivity index (χ1v) is 6.98. The lowest BCUT2D eigenvalue weighted by Gasteiger charge is -2.42. The highest BCUT2D eigenvalue weighted by atomic mass is 19.1. The van der Waals surface area contributed by atoms with Crippen molar-refractivity contribution in [1.82, 2.24) is 4.90 Å². The summed E-state index contributed by atoms with van der Waals surface area (Å²) >= 11 is 0. The van der Waals surface area contributed by atoms with Gasteiger partial charge in [-0.15, -0.1) is 0 Å². The van der Waals surface area contributed by atoms with Crippen molar-refractivity contribution < 1.29 is 9.13 Å². The average molecular weight is 266 g/mol. The lowest BCUT2D eigenvalue weighted by molar-refractivity contribution is -0.0349. The maximum absolute atomic E-state index is 13.5. The monoisotopic (exact) mass is 266 g/mol. The first kappa shape index (κ1) is 14.4. The number of halogens is 1. The molecule has 2 rings (SSSR count). The van der Waals surface area contributed by atoms with Crippen LogP contribution in [0.25, 0.3) is 0 Å². The smallest absolute Gasteiger partial charge is 0.123 e. The third-order valence-electron chi connectivity index (χ3n) is 3.79. The number of nitrogens with two attached hydrogens (primary N) is 1. The number of nitrogens with zero attached hydrogens (tertiary/aromatic N) is 1. The lowest BCUT2D eigenvalue weighted by atomic mass is 9.96. The van der Waals surface area contributed by atoms with Gasteiger partial charge in [-0.2, -0.15) is 0 Å². The summed E-state index contributed by atoms with van der Waals surface area (Å²) in [7, 11) is 0. The molecule has 1 fully saturated rings. The van der Waals surface area contributed by atoms with Gasteiger partial charge in [-0.3, -0.25) is 4.90 Å². The third kappa shape index (κ3) is 3.32. The van der Waals surface area contributed by atoms with Gasteiger partial charge in [0.05, 0.1) is 19.3 Å². The first-order chi connectivity index (χ1) is 9.13. The molecule has 1 heterocycles. The van der Waals surface area contributed by atoms with Crippen LogP contribution in [0.2, 0.25) is 0 Å². The van der Waals surface area contributed by atoms with Crippen LogP contribution in [0.5, 0.6) is 0 Å². The molecular formula is C15H23FN2O. The largest absolute Gasteiger partial charge is 0.378 e. The van der Waals surface area contributed by atoms with E-state index in [0.717, 1.165) is 31.7 Å². The van der Waals surface area contributed by atoms with E-state index in [1.807, 2.05) is 13.0 Å². The van der Waals surface area contributed by atoms with Gasteiger partial charge >= 0.3 is 0 Å². The Bertz CT molecular complexity index is 411. The Labute approximate surface area is 114 Å². The molecule has 1 aromatic carbocycles. The van der Waals surface area contributed by atoms with E-state index in [-0.39, 0.29) is 17.9 Å². The molecule has 0 saturated carbocycles. The van der Waals surface area contributed by atoms with Crippen LogP contribution in [0.15, 0.2) is 24.3 Å². The fourth-order valence-corrected chi connectivity index (χ4v) is 2.87. The summed E-state index contributed by atoms with van der Waals surface area (Å²) in [4.78, 5) is 2.36. The van der Waals surface area contributed by atoms with Gasteiger partial charge in [-0.25, -0.2) is 4.39 Å². The Morgan fingerprint density at radius 3 is 2.95 bits per heavy atom. The van der Waals surface area contributed by atoms with Gasteiger partial charge in [0, 0.05) is 18.6 Å². The van der Waals surface area contributed by atoms with Crippen molar-refractivity contribution >= 4 is 0 Å². The molecule has 0 aliphatic carbocycles. The molecule has 2 N–H and O–H groups in total. The van der Waals surface area contributed by atoms with E-state index in [4.69, 9.17) is 10.5 Å². The molecule has 0 amide bonds. The van der Waals surface area contributed by atoms with Crippen LogP contribution < -0.4 is 5.73 Å². The van der Waals surface area contributed by atoms with Crippen LogP contribution >= 0.6 is 0 Å². The molecular weight excluding hydrogens is 243 g/mol. The summed E-state index contributed by atoms with van der Waals surface area (Å²) in [6, 6.07) is 7.13. The van der Waals surface area contributed by atoms with Crippen molar-refractivity contribution in [3.63, 3.8) is 0 Å². The Balaban J connectivity index is 2.28. The Kier molecular flexibility index (Phi) is 4.91. The number of rotatable bonds is 4. The minimum Gasteiger partial charge on any atom is -0.378 e. The minimum atomic E-state index is -0.204. The van der Waals surface area contributed by atoms with Gasteiger partial charge in [0.15, 0.2) is 0 Å². The first-order valence-electron chi connectivity index (χ1n) is 6.98. The van der Waals surface area contributed by atoms with Crippen molar-refractivity contribution in [3.05, 3.63) is 35.6 Å². The van der Waals surface area contributed by atoms with Crippen molar-refractivity contribution in [3.8, 4) is 0 Å². The molecule has 3 unspecified atom stereocenters. The van der Waals surface area contributed by atoms with E-state index in [9.17, 15) is 4.39 Å². The zero-order valence-electron chi connectivity index (χ0n) is 11.7. The molecule has 0 bridgehead atoms. The quantitative estimate of drug-likeness (QED) is 0.909. The zero-order valence-corrected chi connectivity index (χ0v) is 11.7. The molecule has 1 aliphatic rings. The van der Waals surface area contributed by atoms with Gasteiger partial charge in [-0.05, 0) is 31.0 Å². The molecule has 4 heteroatoms. The van der Waals surface area contributed by atoms with Crippen molar-refractivity contribution in [2.45, 2.75) is 38.4 Å². The van der Waals surface area contributed by atoms with Crippen LogP contribution in [0.3, 0.4) is 0 Å². The van der Waals surface area contributed by atoms with E-state index in [2.05, 4.69) is 11.8 Å². The Hall–Kier alpha value is -0.970. The van der Waals surface area contributed by atoms with Crippen molar-refractivity contribution in [1.29, 1.82) is 0 Å². The van der Waals surface area contributed by atoms with E-state index in [1.54, 1.807) is 12.1 Å². The van der Waals surface area contributed by atoms with E-state index < -0.39 is 0 Å². The standard InChI is InChI=1S/C15H23FN2O/c1-3-14-10-19-8-7-18(14)15(11(2)17)12-5-4-6-13(16)9-12/h4-6,9,11,14-15H,3,7-8,10,17H2,1-2H3. The summed E-state index contributed by atoms with van der Waals surface area (Å²) in [6.45, 7) is 6.43. The summed E-state index contributed by atoms with van der Waals surface area (Å²) in [5.41, 5.74) is 7.12. The summed E-state index contributed by atoms with van der Waals surface area (Å²) in [5, 5.41) is 0. The second-order valence-electron chi connectivity index (χ2n) is 5.23. The fourth-order valence-electron chi connectivity index (χ4n) is 2.87. The predicted octanol–water partition coefficient (Wildman–Crippen LogP) is 2.32. The molecule has 106 valence electrons. The van der Waals surface area contributed by atoms with E-state index in [0.29, 0.717) is 6.04 Å². The highest BCUT2D eigenvalue weighted by Gasteiger charge is 2.31. The molecule has 0 aromatic heterocycles. The third-order valence-corrected chi connectivity index (χ3v) is 3.79. The highest BCUT2D eigenvalue weighted by molar-refractivity contribution is 5.22. The molecule has 1 aliphatic heterocycles. The molecule has 1 saturated heterocycles. The molecule has 3 nitrogen and oxygen atoms in total. The molecule has 0 radical (unpaired) electrons. The zero-order chi connectivity index (χ0) is 13.8. The Morgan fingerprint density at radius 1 is 1.53 bits per heavy atom.